The van der Waals surface area contributed by atoms with Crippen molar-refractivity contribution in [1.82, 2.24) is 10.4 Å². The number of hydrogen-bond acceptors (Lipinski definition) is 7. The standard InChI is InChI=1S/C24H28N6O4/c25-29-27-21-7-2-1-6-19(21)16-24(23(32)28-30-12-3-4-13-30)17-34-22(26-24)18-8-10-20(11-9-18)33-15-5-14-31/h1-2,6-11,31H,3-5,12-17H2,(H,28,32)/t24-/m0/s1. The summed E-state index contributed by atoms with van der Waals surface area (Å²) in [5, 5.41) is 14.6. The van der Waals surface area contributed by atoms with Crippen LogP contribution in [-0.2, 0) is 16.0 Å². The van der Waals surface area contributed by atoms with Crippen LogP contribution in [0.4, 0.5) is 5.69 Å². The van der Waals surface area contributed by atoms with Gasteiger partial charge in [-0.05, 0) is 48.2 Å². The molecule has 2 aliphatic rings. The van der Waals surface area contributed by atoms with Crippen LogP contribution in [0.15, 0.2) is 58.6 Å². The van der Waals surface area contributed by atoms with Gasteiger partial charge >= 0.3 is 0 Å². The van der Waals surface area contributed by atoms with E-state index in [1.165, 1.54) is 0 Å². The first-order valence-electron chi connectivity index (χ1n) is 11.4. The Hall–Kier alpha value is -3.59. The van der Waals surface area contributed by atoms with Gasteiger partial charge in [0.05, 0.1) is 6.61 Å². The summed E-state index contributed by atoms with van der Waals surface area (Å²) in [5.41, 5.74) is 12.7. The van der Waals surface area contributed by atoms with Crippen molar-refractivity contribution in [2.45, 2.75) is 31.2 Å². The number of benzene rings is 2. The molecule has 2 aromatic carbocycles. The van der Waals surface area contributed by atoms with Crippen molar-refractivity contribution in [3.8, 4) is 5.75 Å². The van der Waals surface area contributed by atoms with Gasteiger partial charge in [-0.25, -0.2) is 10.0 Å². The number of azide groups is 1. The Labute approximate surface area is 197 Å². The Balaban J connectivity index is 1.61. The number of ether oxygens (including phenoxy) is 2. The highest BCUT2D eigenvalue weighted by atomic mass is 16.5. The molecule has 0 aromatic heterocycles. The fraction of sp³-hybridized carbons (Fsp3) is 0.417. The molecule has 1 amide bonds. The van der Waals surface area contributed by atoms with Crippen LogP contribution >= 0.6 is 0 Å². The number of hydrazine groups is 1. The fourth-order valence-corrected chi connectivity index (χ4v) is 4.03. The Bertz CT molecular complexity index is 1080. The summed E-state index contributed by atoms with van der Waals surface area (Å²) in [7, 11) is 0. The SMILES string of the molecule is [N-]=[N+]=Nc1ccccc1C[C@@]1(C(=O)NN2CCCC2)COC(c2ccc(OCCCO)cc2)=N1. The van der Waals surface area contributed by atoms with Crippen LogP contribution in [0.1, 0.15) is 30.4 Å². The summed E-state index contributed by atoms with van der Waals surface area (Å²) < 4.78 is 11.5. The molecule has 0 spiro atoms. The molecule has 4 rings (SSSR count). The maximum absolute atomic E-state index is 13.5. The van der Waals surface area contributed by atoms with E-state index in [1.54, 1.807) is 24.3 Å². The minimum Gasteiger partial charge on any atom is -0.494 e. The lowest BCUT2D eigenvalue weighted by Crippen LogP contribution is -2.53. The number of carbonyl (C=O) groups excluding carboxylic acids is 1. The number of rotatable bonds is 10. The van der Waals surface area contributed by atoms with E-state index in [-0.39, 0.29) is 25.5 Å². The number of aliphatic hydroxyl groups is 1. The van der Waals surface area contributed by atoms with Crippen LogP contribution in [0.25, 0.3) is 10.4 Å². The average molecular weight is 465 g/mol. The van der Waals surface area contributed by atoms with Gasteiger partial charge in [-0.15, -0.1) is 0 Å². The third-order valence-corrected chi connectivity index (χ3v) is 5.85. The van der Waals surface area contributed by atoms with Crippen LogP contribution in [-0.4, -0.2) is 60.4 Å². The smallest absolute Gasteiger partial charge is 0.266 e. The average Bonchev–Trinajstić information content (AvgIpc) is 3.52. The Morgan fingerprint density at radius 1 is 1.24 bits per heavy atom. The van der Waals surface area contributed by atoms with Gasteiger partial charge in [0.1, 0.15) is 12.4 Å². The highest BCUT2D eigenvalue weighted by Crippen LogP contribution is 2.31. The zero-order valence-corrected chi connectivity index (χ0v) is 18.9. The van der Waals surface area contributed by atoms with Crippen LogP contribution in [0.3, 0.4) is 0 Å². The first kappa shape index (κ1) is 23.6. The number of aliphatic imine (C=N–C) groups is 1. The molecule has 34 heavy (non-hydrogen) atoms. The van der Waals surface area contributed by atoms with Gasteiger partial charge in [-0.2, -0.15) is 0 Å². The second-order valence-corrected chi connectivity index (χ2v) is 8.32. The number of nitrogens with one attached hydrogen (secondary N) is 1. The first-order valence-corrected chi connectivity index (χ1v) is 11.4. The van der Waals surface area contributed by atoms with Gasteiger partial charge in [-0.1, -0.05) is 29.4 Å². The second-order valence-electron chi connectivity index (χ2n) is 8.32. The highest BCUT2D eigenvalue weighted by molar-refractivity contribution is 6.00. The van der Waals surface area contributed by atoms with Crippen molar-refractivity contribution in [1.29, 1.82) is 0 Å². The predicted octanol–water partition coefficient (Wildman–Crippen LogP) is 3.27. The van der Waals surface area contributed by atoms with E-state index in [2.05, 4.69) is 15.5 Å². The van der Waals surface area contributed by atoms with Crippen molar-refractivity contribution in [2.75, 3.05) is 32.9 Å². The number of aliphatic hydroxyl groups excluding tert-OH is 1. The van der Waals surface area contributed by atoms with Gasteiger partial charge in [0.25, 0.3) is 5.91 Å². The predicted molar refractivity (Wildman–Crippen MR) is 127 cm³/mol. The summed E-state index contributed by atoms with van der Waals surface area (Å²) in [6, 6.07) is 14.4. The fourth-order valence-electron chi connectivity index (χ4n) is 4.03. The molecule has 0 saturated carbocycles. The number of nitrogens with zero attached hydrogens (tertiary/aromatic N) is 5. The lowest BCUT2D eigenvalue weighted by molar-refractivity contribution is -0.131. The molecule has 10 heteroatoms. The quantitative estimate of drug-likeness (QED) is 0.241. The van der Waals surface area contributed by atoms with Crippen molar-refractivity contribution in [3.05, 3.63) is 70.1 Å². The van der Waals surface area contributed by atoms with E-state index in [0.717, 1.165) is 37.1 Å². The Morgan fingerprint density at radius 3 is 2.74 bits per heavy atom. The van der Waals surface area contributed by atoms with E-state index in [4.69, 9.17) is 25.1 Å². The van der Waals surface area contributed by atoms with E-state index in [1.807, 2.05) is 29.3 Å². The normalized spacial score (nSPS) is 19.7. The van der Waals surface area contributed by atoms with Gasteiger partial charge in [0, 0.05) is 48.7 Å². The maximum atomic E-state index is 13.5. The minimum atomic E-state index is -1.20. The highest BCUT2D eigenvalue weighted by Gasteiger charge is 2.45. The molecule has 2 N–H and O–H groups in total. The Kier molecular flexibility index (Phi) is 7.64. The molecule has 0 radical (unpaired) electrons. The topological polar surface area (TPSA) is 132 Å². The van der Waals surface area contributed by atoms with Gasteiger partial charge in [0.15, 0.2) is 5.54 Å². The third-order valence-electron chi connectivity index (χ3n) is 5.85. The molecule has 0 aliphatic carbocycles. The molecule has 1 atom stereocenters. The molecule has 2 aliphatic heterocycles. The second kappa shape index (κ2) is 11.0. The molecule has 1 fully saturated rings. The maximum Gasteiger partial charge on any atom is 0.266 e. The van der Waals surface area contributed by atoms with Gasteiger partial charge in [-0.3, -0.25) is 10.2 Å². The summed E-state index contributed by atoms with van der Waals surface area (Å²) >= 11 is 0. The van der Waals surface area contributed by atoms with Crippen molar-refractivity contribution < 1.29 is 19.4 Å². The monoisotopic (exact) mass is 464 g/mol. The Morgan fingerprint density at radius 2 is 2.00 bits per heavy atom. The van der Waals surface area contributed by atoms with E-state index < -0.39 is 5.54 Å². The third kappa shape index (κ3) is 5.48. The first-order chi connectivity index (χ1) is 16.6. The van der Waals surface area contributed by atoms with E-state index >= 15 is 0 Å². The molecular weight excluding hydrogens is 436 g/mol. The molecule has 2 heterocycles. The van der Waals surface area contributed by atoms with Gasteiger partial charge in [0.2, 0.25) is 5.90 Å². The molecule has 0 unspecified atom stereocenters. The van der Waals surface area contributed by atoms with E-state index in [0.29, 0.717) is 30.4 Å². The zero-order chi connectivity index (χ0) is 23.8. The number of carbonyl (C=O) groups is 1. The molecule has 10 nitrogen and oxygen atoms in total. The summed E-state index contributed by atoms with van der Waals surface area (Å²) in [6.45, 7) is 2.17. The largest absolute Gasteiger partial charge is 0.494 e. The lowest BCUT2D eigenvalue weighted by Gasteiger charge is -2.27. The van der Waals surface area contributed by atoms with Crippen molar-refractivity contribution in [2.24, 2.45) is 10.1 Å². The molecular formula is C24H28N6O4. The van der Waals surface area contributed by atoms with Crippen LogP contribution < -0.4 is 10.2 Å². The van der Waals surface area contributed by atoms with Crippen LogP contribution in [0.5, 0.6) is 5.75 Å². The van der Waals surface area contributed by atoms with Crippen LogP contribution in [0.2, 0.25) is 0 Å². The van der Waals surface area contributed by atoms with Crippen molar-refractivity contribution >= 4 is 17.5 Å². The molecule has 2 aromatic rings. The number of amides is 1. The number of hydrogen-bond donors (Lipinski definition) is 2. The molecule has 0 bridgehead atoms. The summed E-state index contributed by atoms with van der Waals surface area (Å²) in [5.74, 6) is 0.806. The zero-order valence-electron chi connectivity index (χ0n) is 18.9. The van der Waals surface area contributed by atoms with Gasteiger partial charge < -0.3 is 14.6 Å². The summed E-state index contributed by atoms with van der Waals surface area (Å²) in [4.78, 5) is 21.2. The summed E-state index contributed by atoms with van der Waals surface area (Å²) in [6.07, 6.45) is 2.85. The van der Waals surface area contributed by atoms with E-state index in [9.17, 15) is 4.79 Å². The van der Waals surface area contributed by atoms with Crippen LogP contribution in [0, 0.1) is 0 Å². The lowest BCUT2D eigenvalue weighted by atomic mass is 9.91. The minimum absolute atomic E-state index is 0.0708. The molecule has 178 valence electrons. The molecule has 1 saturated heterocycles. The van der Waals surface area contributed by atoms with Crippen molar-refractivity contribution in [3.63, 3.8) is 0 Å².